The Bertz CT molecular complexity index is 1370. The summed E-state index contributed by atoms with van der Waals surface area (Å²) >= 11 is 0. The summed E-state index contributed by atoms with van der Waals surface area (Å²) in [4.78, 5) is 22.8. The van der Waals surface area contributed by atoms with Gasteiger partial charge >= 0.3 is 0 Å². The van der Waals surface area contributed by atoms with Crippen LogP contribution in [0.1, 0.15) is 16.7 Å². The highest BCUT2D eigenvalue weighted by Gasteiger charge is 2.25. The Hall–Kier alpha value is -3.92. The molecule has 0 aromatic heterocycles. The third-order valence-electron chi connectivity index (χ3n) is 5.26. The number of benzene rings is 3. The molecule has 0 fully saturated rings. The van der Waals surface area contributed by atoms with Crippen LogP contribution in [-0.4, -0.2) is 32.9 Å². The lowest BCUT2D eigenvalue weighted by atomic mass is 10.1. The zero-order valence-corrected chi connectivity index (χ0v) is 20.0. The van der Waals surface area contributed by atoms with Crippen molar-refractivity contribution in [2.24, 2.45) is 0 Å². The van der Waals surface area contributed by atoms with E-state index in [1.165, 1.54) is 38.3 Å². The van der Waals surface area contributed by atoms with Gasteiger partial charge in [0.1, 0.15) is 5.75 Å². The van der Waals surface area contributed by atoms with Crippen molar-refractivity contribution in [3.8, 4) is 5.75 Å². The minimum atomic E-state index is -4.17. The molecule has 0 atom stereocenters. The number of methoxy groups -OCH3 is 1. The van der Waals surface area contributed by atoms with E-state index in [4.69, 9.17) is 4.74 Å². The lowest BCUT2D eigenvalue weighted by molar-refractivity contribution is -0.385. The van der Waals surface area contributed by atoms with E-state index in [9.17, 15) is 23.3 Å². The van der Waals surface area contributed by atoms with Crippen LogP contribution in [-0.2, 0) is 14.6 Å². The highest BCUT2D eigenvalue weighted by molar-refractivity contribution is 7.91. The molecule has 3 aromatic carbocycles. The molecule has 0 spiro atoms. The minimum absolute atomic E-state index is 0.163. The van der Waals surface area contributed by atoms with Crippen molar-refractivity contribution in [2.45, 2.75) is 30.6 Å². The first-order valence-electron chi connectivity index (χ1n) is 10.3. The van der Waals surface area contributed by atoms with Crippen molar-refractivity contribution in [3.63, 3.8) is 0 Å². The molecule has 9 nitrogen and oxygen atoms in total. The van der Waals surface area contributed by atoms with Crippen molar-refractivity contribution in [2.75, 3.05) is 24.3 Å². The molecule has 0 radical (unpaired) electrons. The van der Waals surface area contributed by atoms with Crippen LogP contribution in [0.25, 0.3) is 0 Å². The normalized spacial score (nSPS) is 11.1. The highest BCUT2D eigenvalue weighted by atomic mass is 32.2. The van der Waals surface area contributed by atoms with Crippen molar-refractivity contribution in [3.05, 3.63) is 81.4 Å². The van der Waals surface area contributed by atoms with Crippen LogP contribution in [0.5, 0.6) is 5.75 Å². The molecule has 0 aliphatic carbocycles. The maximum Gasteiger partial charge on any atom is 0.273 e. The van der Waals surface area contributed by atoms with Crippen LogP contribution in [0.2, 0.25) is 0 Å². The number of nitrogens with zero attached hydrogens (tertiary/aromatic N) is 1. The highest BCUT2D eigenvalue weighted by Crippen LogP contribution is 2.33. The quantitative estimate of drug-likeness (QED) is 0.359. The van der Waals surface area contributed by atoms with Crippen LogP contribution in [0, 0.1) is 30.9 Å². The van der Waals surface area contributed by atoms with Crippen molar-refractivity contribution in [1.29, 1.82) is 0 Å². The Kier molecular flexibility index (Phi) is 7.21. The molecule has 34 heavy (non-hydrogen) atoms. The molecule has 0 heterocycles. The number of hydrogen-bond donors (Lipinski definition) is 2. The maximum absolute atomic E-state index is 13.4. The summed E-state index contributed by atoms with van der Waals surface area (Å²) in [7, 11) is -2.78. The molecule has 0 aliphatic heterocycles. The summed E-state index contributed by atoms with van der Waals surface area (Å²) < 4.78 is 32.0. The number of carbonyl (C=O) groups is 1. The van der Waals surface area contributed by atoms with Gasteiger partial charge in [0.15, 0.2) is 0 Å². The van der Waals surface area contributed by atoms with E-state index in [-0.39, 0.29) is 39.4 Å². The summed E-state index contributed by atoms with van der Waals surface area (Å²) in [6, 6.07) is 13.7. The van der Waals surface area contributed by atoms with Crippen LogP contribution >= 0.6 is 0 Å². The van der Waals surface area contributed by atoms with E-state index >= 15 is 0 Å². The van der Waals surface area contributed by atoms with E-state index in [0.29, 0.717) is 11.3 Å². The first-order valence-corrected chi connectivity index (χ1v) is 11.8. The number of nitrogens with one attached hydrogen (secondary N) is 2. The standard InChI is InChI=1S/C24H25N3O6S/c1-15-5-9-20(17(3)11-15)26-24(28)14-25-21-10-7-18(33-4)12-23(21)34(31,32)19-8-6-16(2)22(13-19)27(29)30/h5-13,25H,14H2,1-4H3,(H,26,28). The number of anilines is 2. The van der Waals surface area contributed by atoms with Gasteiger partial charge in [-0.05, 0) is 50.6 Å². The first-order chi connectivity index (χ1) is 16.0. The van der Waals surface area contributed by atoms with E-state index in [1.54, 1.807) is 12.1 Å². The zero-order valence-electron chi connectivity index (χ0n) is 19.2. The third-order valence-corrected chi connectivity index (χ3v) is 7.05. The Labute approximate surface area is 197 Å². The molecule has 0 saturated heterocycles. The molecule has 0 aliphatic rings. The van der Waals surface area contributed by atoms with Crippen LogP contribution in [0.4, 0.5) is 17.1 Å². The fourth-order valence-electron chi connectivity index (χ4n) is 3.40. The fourth-order valence-corrected chi connectivity index (χ4v) is 4.87. The Morgan fingerprint density at radius 1 is 0.971 bits per heavy atom. The number of hydrogen-bond acceptors (Lipinski definition) is 7. The second kappa shape index (κ2) is 9.92. The van der Waals surface area contributed by atoms with Gasteiger partial charge in [0.2, 0.25) is 15.7 Å². The second-order valence-electron chi connectivity index (χ2n) is 7.79. The summed E-state index contributed by atoms with van der Waals surface area (Å²) in [5, 5.41) is 17.0. The van der Waals surface area contributed by atoms with Crippen LogP contribution < -0.4 is 15.4 Å². The van der Waals surface area contributed by atoms with Crippen LogP contribution in [0.15, 0.2) is 64.4 Å². The molecule has 1 amide bonds. The van der Waals surface area contributed by atoms with Gasteiger partial charge in [-0.2, -0.15) is 0 Å². The predicted octanol–water partition coefficient (Wildman–Crippen LogP) is 4.41. The number of nitro groups is 1. The monoisotopic (exact) mass is 483 g/mol. The van der Waals surface area contributed by atoms with Crippen LogP contribution in [0.3, 0.4) is 0 Å². The summed E-state index contributed by atoms with van der Waals surface area (Å²) in [6.45, 7) is 5.16. The van der Waals surface area contributed by atoms with Gasteiger partial charge in [-0.25, -0.2) is 8.42 Å². The number of sulfone groups is 1. The van der Waals surface area contributed by atoms with Crippen molar-refractivity contribution >= 4 is 32.8 Å². The van der Waals surface area contributed by atoms with Gasteiger partial charge in [0.25, 0.3) is 5.69 Å². The molecule has 10 heteroatoms. The maximum atomic E-state index is 13.4. The lowest BCUT2D eigenvalue weighted by Crippen LogP contribution is -2.23. The van der Waals surface area contributed by atoms with Gasteiger partial charge in [0.05, 0.1) is 34.1 Å². The van der Waals surface area contributed by atoms with Crippen molar-refractivity contribution in [1.82, 2.24) is 0 Å². The molecule has 178 valence electrons. The molecule has 0 unspecified atom stereocenters. The third kappa shape index (κ3) is 5.34. The van der Waals surface area contributed by atoms with Gasteiger partial charge in [-0.3, -0.25) is 14.9 Å². The van der Waals surface area contributed by atoms with Gasteiger partial charge < -0.3 is 15.4 Å². The van der Waals surface area contributed by atoms with E-state index < -0.39 is 14.8 Å². The Balaban J connectivity index is 1.91. The number of amides is 1. The average Bonchev–Trinajstić information content (AvgIpc) is 2.79. The Morgan fingerprint density at radius 3 is 2.32 bits per heavy atom. The summed E-state index contributed by atoms with van der Waals surface area (Å²) in [6.07, 6.45) is 0. The molecule has 3 aromatic rings. The van der Waals surface area contributed by atoms with E-state index in [1.807, 2.05) is 26.0 Å². The molecular formula is C24H25N3O6S. The SMILES string of the molecule is COc1ccc(NCC(=O)Nc2ccc(C)cc2C)c(S(=O)(=O)c2ccc(C)c([N+](=O)[O-])c2)c1. The molecule has 0 bridgehead atoms. The number of aryl methyl sites for hydroxylation is 3. The number of nitro benzene ring substituents is 1. The summed E-state index contributed by atoms with van der Waals surface area (Å²) in [5.74, 6) is -0.0810. The predicted molar refractivity (Wildman–Crippen MR) is 129 cm³/mol. The Morgan fingerprint density at radius 2 is 1.68 bits per heavy atom. The second-order valence-corrected chi connectivity index (χ2v) is 9.71. The molecule has 0 saturated carbocycles. The largest absolute Gasteiger partial charge is 0.497 e. The number of rotatable bonds is 8. The molecule has 2 N–H and O–H groups in total. The minimum Gasteiger partial charge on any atom is -0.497 e. The number of carbonyl (C=O) groups excluding carboxylic acids is 1. The fraction of sp³-hybridized carbons (Fsp3) is 0.208. The molecule has 3 rings (SSSR count). The smallest absolute Gasteiger partial charge is 0.273 e. The zero-order chi connectivity index (χ0) is 25.0. The first kappa shape index (κ1) is 24.7. The van der Waals surface area contributed by atoms with Gasteiger partial charge in [-0.15, -0.1) is 0 Å². The van der Waals surface area contributed by atoms with Gasteiger partial charge in [0, 0.05) is 23.4 Å². The average molecular weight is 484 g/mol. The summed E-state index contributed by atoms with van der Waals surface area (Å²) in [5.41, 5.74) is 2.84. The van der Waals surface area contributed by atoms with E-state index in [0.717, 1.165) is 17.2 Å². The topological polar surface area (TPSA) is 128 Å². The van der Waals surface area contributed by atoms with Crippen molar-refractivity contribution < 1.29 is 22.9 Å². The van der Waals surface area contributed by atoms with E-state index in [2.05, 4.69) is 10.6 Å². The number of ether oxygens (including phenoxy) is 1. The molecular weight excluding hydrogens is 458 g/mol. The van der Waals surface area contributed by atoms with Gasteiger partial charge in [-0.1, -0.05) is 23.8 Å². The lowest BCUT2D eigenvalue weighted by Gasteiger charge is -2.15.